The fourth-order valence-electron chi connectivity index (χ4n) is 1.33. The monoisotopic (exact) mass is 242 g/mol. The number of thioether (sulfide) groups is 1. The van der Waals surface area contributed by atoms with Gasteiger partial charge in [0.1, 0.15) is 0 Å². The molecule has 2 nitrogen and oxygen atoms in total. The van der Waals surface area contributed by atoms with Crippen molar-refractivity contribution in [3.8, 4) is 0 Å². The van der Waals surface area contributed by atoms with Gasteiger partial charge in [-0.2, -0.15) is 0 Å². The molecular formula is C14H10O2S. The maximum atomic E-state index is 11.9. The van der Waals surface area contributed by atoms with Gasteiger partial charge in [0.25, 0.3) is 0 Å². The molecule has 0 aliphatic heterocycles. The minimum atomic E-state index is -0.135. The van der Waals surface area contributed by atoms with Gasteiger partial charge in [-0.15, -0.1) is 0 Å². The topological polar surface area (TPSA) is 34.1 Å². The lowest BCUT2D eigenvalue weighted by atomic mass is 10.2. The van der Waals surface area contributed by atoms with Crippen molar-refractivity contribution < 1.29 is 4.79 Å². The van der Waals surface area contributed by atoms with E-state index in [1.165, 1.54) is 6.07 Å². The molecule has 0 aliphatic carbocycles. The first-order valence-electron chi connectivity index (χ1n) is 5.14. The Morgan fingerprint density at radius 3 is 2.12 bits per heavy atom. The highest BCUT2D eigenvalue weighted by Crippen LogP contribution is 2.18. The van der Waals surface area contributed by atoms with Crippen molar-refractivity contribution >= 4 is 16.9 Å². The Balaban J connectivity index is 2.26. The van der Waals surface area contributed by atoms with Crippen molar-refractivity contribution in [3.63, 3.8) is 0 Å². The molecule has 0 fully saturated rings. The fraction of sp³-hybridized carbons (Fsp3) is 0. The minimum absolute atomic E-state index is 0.117. The van der Waals surface area contributed by atoms with Crippen molar-refractivity contribution in [2.24, 2.45) is 0 Å². The van der Waals surface area contributed by atoms with Crippen LogP contribution in [0.3, 0.4) is 0 Å². The second-order valence-electron chi connectivity index (χ2n) is 3.39. The molecule has 0 bridgehead atoms. The van der Waals surface area contributed by atoms with Crippen molar-refractivity contribution in [2.75, 3.05) is 0 Å². The first kappa shape index (κ1) is 11.6. The molecule has 2 aromatic carbocycles. The molecule has 0 unspecified atom stereocenters. The van der Waals surface area contributed by atoms with Gasteiger partial charge < -0.3 is 0 Å². The van der Waals surface area contributed by atoms with E-state index in [4.69, 9.17) is 0 Å². The third kappa shape index (κ3) is 3.04. The Hall–Kier alpha value is -1.87. The largest absolute Gasteiger partial charge is 0.289 e. The second kappa shape index (κ2) is 5.46. The van der Waals surface area contributed by atoms with E-state index < -0.39 is 0 Å². The molecule has 2 rings (SSSR count). The minimum Gasteiger partial charge on any atom is -0.289 e. The number of hydrogen-bond donors (Lipinski definition) is 0. The van der Waals surface area contributed by atoms with Gasteiger partial charge in [0.2, 0.25) is 5.12 Å². The number of carbonyl (C=O) groups excluding carboxylic acids is 1. The van der Waals surface area contributed by atoms with Crippen LogP contribution in [0.1, 0.15) is 10.4 Å². The van der Waals surface area contributed by atoms with Gasteiger partial charge in [0.15, 0.2) is 5.43 Å². The van der Waals surface area contributed by atoms with E-state index in [9.17, 15) is 9.59 Å². The summed E-state index contributed by atoms with van der Waals surface area (Å²) in [6.07, 6.45) is 0. The van der Waals surface area contributed by atoms with Crippen LogP contribution >= 0.6 is 11.8 Å². The van der Waals surface area contributed by atoms with Crippen LogP contribution in [0.2, 0.25) is 0 Å². The van der Waals surface area contributed by atoms with Crippen molar-refractivity contribution in [2.45, 2.75) is 4.90 Å². The van der Waals surface area contributed by atoms with Crippen LogP contribution in [0.5, 0.6) is 0 Å². The first-order chi connectivity index (χ1) is 8.27. The molecule has 0 spiro atoms. The number of rotatable bonds is 2. The van der Waals surface area contributed by atoms with Gasteiger partial charge in [0.05, 0.1) is 4.90 Å². The van der Waals surface area contributed by atoms with Crippen molar-refractivity contribution in [1.82, 2.24) is 0 Å². The maximum Gasteiger partial charge on any atom is 0.224 e. The molecule has 17 heavy (non-hydrogen) atoms. The Morgan fingerprint density at radius 1 is 0.824 bits per heavy atom. The Bertz CT molecular complexity index is 579. The average Bonchev–Trinajstić information content (AvgIpc) is 2.56. The average molecular weight is 242 g/mol. The van der Waals surface area contributed by atoms with Gasteiger partial charge in [-0.25, -0.2) is 0 Å². The van der Waals surface area contributed by atoms with Crippen molar-refractivity contribution in [1.29, 1.82) is 0 Å². The SMILES string of the molecule is O=C(Sc1cccccc1=O)c1ccccc1. The summed E-state index contributed by atoms with van der Waals surface area (Å²) in [4.78, 5) is 24.0. The maximum absolute atomic E-state index is 11.9. The highest BCUT2D eigenvalue weighted by Gasteiger charge is 2.08. The first-order valence-corrected chi connectivity index (χ1v) is 5.95. The molecule has 0 N–H and O–H groups in total. The van der Waals surface area contributed by atoms with Crippen LogP contribution in [0.25, 0.3) is 0 Å². The lowest BCUT2D eigenvalue weighted by Crippen LogP contribution is -2.01. The normalized spacial score (nSPS) is 9.88. The smallest absolute Gasteiger partial charge is 0.224 e. The van der Waals surface area contributed by atoms with E-state index in [2.05, 4.69) is 0 Å². The number of hydrogen-bond acceptors (Lipinski definition) is 3. The van der Waals surface area contributed by atoms with Gasteiger partial charge in [-0.05, 0) is 23.9 Å². The van der Waals surface area contributed by atoms with Gasteiger partial charge in [-0.1, -0.05) is 48.5 Å². The molecular weight excluding hydrogens is 232 g/mol. The summed E-state index contributed by atoms with van der Waals surface area (Å²) in [7, 11) is 0. The van der Waals surface area contributed by atoms with Crippen LogP contribution in [0.15, 0.2) is 70.4 Å². The second-order valence-corrected chi connectivity index (χ2v) is 4.41. The predicted octanol–water partition coefficient (Wildman–Crippen LogP) is 2.98. The molecule has 2 aromatic rings. The van der Waals surface area contributed by atoms with Crippen LogP contribution in [0.4, 0.5) is 0 Å². The van der Waals surface area contributed by atoms with E-state index in [0.717, 1.165) is 11.8 Å². The summed E-state index contributed by atoms with van der Waals surface area (Å²) in [6, 6.07) is 17.2. The van der Waals surface area contributed by atoms with E-state index in [-0.39, 0.29) is 10.5 Å². The van der Waals surface area contributed by atoms with Crippen molar-refractivity contribution in [3.05, 3.63) is 76.5 Å². The lowest BCUT2D eigenvalue weighted by molar-refractivity contribution is 0.108. The third-order valence-electron chi connectivity index (χ3n) is 2.17. The lowest BCUT2D eigenvalue weighted by Gasteiger charge is -1.97. The summed E-state index contributed by atoms with van der Waals surface area (Å²) in [6.45, 7) is 0. The summed E-state index contributed by atoms with van der Waals surface area (Å²) in [5, 5.41) is -0.117. The summed E-state index contributed by atoms with van der Waals surface area (Å²) in [5.74, 6) is 0. The predicted molar refractivity (Wildman–Crippen MR) is 69.3 cm³/mol. The molecule has 0 heterocycles. The molecule has 0 amide bonds. The molecule has 0 aliphatic rings. The standard InChI is InChI=1S/C14H10O2S/c15-12-9-5-2-6-10-13(12)17-14(16)11-7-3-1-4-8-11/h1-10H. The van der Waals surface area contributed by atoms with E-state index in [1.54, 1.807) is 48.5 Å². The van der Waals surface area contributed by atoms with Gasteiger partial charge in [-0.3, -0.25) is 9.59 Å². The Morgan fingerprint density at radius 2 is 1.41 bits per heavy atom. The molecule has 3 heteroatoms. The Labute approximate surface area is 103 Å². The van der Waals surface area contributed by atoms with Crippen LogP contribution in [-0.4, -0.2) is 5.12 Å². The van der Waals surface area contributed by atoms with Crippen LogP contribution < -0.4 is 5.43 Å². The number of carbonyl (C=O) groups is 1. The highest BCUT2D eigenvalue weighted by atomic mass is 32.2. The molecule has 0 atom stereocenters. The van der Waals surface area contributed by atoms with Crippen LogP contribution in [-0.2, 0) is 0 Å². The molecule has 0 saturated carbocycles. The molecule has 0 radical (unpaired) electrons. The van der Waals surface area contributed by atoms with E-state index in [0.29, 0.717) is 10.5 Å². The zero-order chi connectivity index (χ0) is 12.1. The van der Waals surface area contributed by atoms with Gasteiger partial charge in [0, 0.05) is 5.56 Å². The zero-order valence-electron chi connectivity index (χ0n) is 9.00. The fourth-order valence-corrected chi connectivity index (χ4v) is 2.10. The Kier molecular flexibility index (Phi) is 3.73. The molecule has 0 saturated heterocycles. The van der Waals surface area contributed by atoms with E-state index in [1.807, 2.05) is 6.07 Å². The summed E-state index contributed by atoms with van der Waals surface area (Å²) < 4.78 is 0. The van der Waals surface area contributed by atoms with Gasteiger partial charge >= 0.3 is 0 Å². The molecule has 84 valence electrons. The van der Waals surface area contributed by atoms with E-state index >= 15 is 0 Å². The molecule has 0 aromatic heterocycles. The highest BCUT2D eigenvalue weighted by molar-refractivity contribution is 8.14. The number of benzene rings is 1. The summed E-state index contributed by atoms with van der Waals surface area (Å²) in [5.41, 5.74) is 0.465. The quantitative estimate of drug-likeness (QED) is 0.759. The summed E-state index contributed by atoms with van der Waals surface area (Å²) >= 11 is 0.965. The van der Waals surface area contributed by atoms with Crippen LogP contribution in [0, 0.1) is 0 Å². The third-order valence-corrected chi connectivity index (χ3v) is 3.15. The zero-order valence-corrected chi connectivity index (χ0v) is 9.81.